The summed E-state index contributed by atoms with van der Waals surface area (Å²) in [5, 5.41) is 0. The van der Waals surface area contributed by atoms with Gasteiger partial charge in [-0.1, -0.05) is 15.9 Å². The summed E-state index contributed by atoms with van der Waals surface area (Å²) in [4.78, 5) is 11.2. The van der Waals surface area contributed by atoms with Gasteiger partial charge in [-0.2, -0.15) is 0 Å². The molecule has 0 unspecified atom stereocenters. The van der Waals surface area contributed by atoms with Gasteiger partial charge in [0.2, 0.25) is 0 Å². The highest BCUT2D eigenvalue weighted by Crippen LogP contribution is 2.29. The second-order valence-electron chi connectivity index (χ2n) is 3.50. The summed E-state index contributed by atoms with van der Waals surface area (Å²) >= 11 is 3.37. The number of methoxy groups -OCH3 is 1. The van der Waals surface area contributed by atoms with Gasteiger partial charge in [-0.05, 0) is 25.1 Å². The first-order chi connectivity index (χ1) is 8.08. The fourth-order valence-electron chi connectivity index (χ4n) is 1.47. The van der Waals surface area contributed by atoms with Crippen molar-refractivity contribution in [2.24, 2.45) is 5.73 Å². The molecule has 0 radical (unpaired) electrons. The fourth-order valence-corrected chi connectivity index (χ4v) is 1.85. The first-order valence-electron chi connectivity index (χ1n) is 5.33. The number of hydrogen-bond acceptors (Lipinski definition) is 4. The van der Waals surface area contributed by atoms with Crippen LogP contribution in [0.2, 0.25) is 0 Å². The van der Waals surface area contributed by atoms with Gasteiger partial charge in [-0.15, -0.1) is 0 Å². The SMILES string of the molecule is CCOc1ccc(Br)cc1[C@@H](N)CC(=O)OC. The van der Waals surface area contributed by atoms with Crippen molar-refractivity contribution in [2.75, 3.05) is 13.7 Å². The van der Waals surface area contributed by atoms with Crippen molar-refractivity contribution in [3.05, 3.63) is 28.2 Å². The van der Waals surface area contributed by atoms with E-state index in [2.05, 4.69) is 20.7 Å². The van der Waals surface area contributed by atoms with Gasteiger partial charge in [0.1, 0.15) is 5.75 Å². The van der Waals surface area contributed by atoms with Crippen molar-refractivity contribution in [2.45, 2.75) is 19.4 Å². The minimum absolute atomic E-state index is 0.132. The topological polar surface area (TPSA) is 61.5 Å². The molecule has 17 heavy (non-hydrogen) atoms. The van der Waals surface area contributed by atoms with Gasteiger partial charge >= 0.3 is 5.97 Å². The maximum atomic E-state index is 11.2. The van der Waals surface area contributed by atoms with Crippen LogP contribution in [0.5, 0.6) is 5.75 Å². The molecule has 0 aliphatic rings. The molecule has 0 aliphatic carbocycles. The maximum absolute atomic E-state index is 11.2. The lowest BCUT2D eigenvalue weighted by Gasteiger charge is -2.16. The third-order valence-electron chi connectivity index (χ3n) is 2.29. The number of hydrogen-bond donors (Lipinski definition) is 1. The number of halogens is 1. The molecule has 1 atom stereocenters. The third kappa shape index (κ3) is 4.02. The monoisotopic (exact) mass is 301 g/mol. The standard InChI is InChI=1S/C12H16BrNO3/c1-3-17-11-5-4-8(13)6-9(11)10(14)7-12(15)16-2/h4-6,10H,3,7,14H2,1-2H3/t10-/m0/s1. The van der Waals surface area contributed by atoms with E-state index in [1.807, 2.05) is 25.1 Å². The Balaban J connectivity index is 2.93. The number of ether oxygens (including phenoxy) is 2. The van der Waals surface area contributed by atoms with E-state index in [4.69, 9.17) is 10.5 Å². The van der Waals surface area contributed by atoms with Crippen LogP contribution in [0.4, 0.5) is 0 Å². The normalized spacial score (nSPS) is 12.0. The Bertz CT molecular complexity index is 395. The van der Waals surface area contributed by atoms with Crippen molar-refractivity contribution in [1.29, 1.82) is 0 Å². The first-order valence-corrected chi connectivity index (χ1v) is 6.12. The van der Waals surface area contributed by atoms with Gasteiger partial charge in [0.05, 0.1) is 20.1 Å². The molecule has 0 fully saturated rings. The Morgan fingerprint density at radius 2 is 2.24 bits per heavy atom. The summed E-state index contributed by atoms with van der Waals surface area (Å²) < 4.78 is 11.0. The highest BCUT2D eigenvalue weighted by atomic mass is 79.9. The largest absolute Gasteiger partial charge is 0.494 e. The molecule has 0 aromatic heterocycles. The van der Waals surface area contributed by atoms with Crippen molar-refractivity contribution in [1.82, 2.24) is 0 Å². The predicted octanol–water partition coefficient (Wildman–Crippen LogP) is 2.41. The van der Waals surface area contributed by atoms with E-state index < -0.39 is 6.04 Å². The summed E-state index contributed by atoms with van der Waals surface area (Å²) in [6, 6.07) is 5.14. The molecule has 4 nitrogen and oxygen atoms in total. The zero-order valence-corrected chi connectivity index (χ0v) is 11.5. The molecule has 0 bridgehead atoms. The van der Waals surface area contributed by atoms with Gasteiger partial charge in [0.25, 0.3) is 0 Å². The second-order valence-corrected chi connectivity index (χ2v) is 4.42. The molecule has 1 aromatic carbocycles. The number of carbonyl (C=O) groups excluding carboxylic acids is 1. The van der Waals surface area contributed by atoms with E-state index in [1.165, 1.54) is 7.11 Å². The number of nitrogens with two attached hydrogens (primary N) is 1. The summed E-state index contributed by atoms with van der Waals surface area (Å²) in [6.45, 7) is 2.46. The average molecular weight is 302 g/mol. The van der Waals surface area contributed by atoms with Crippen LogP contribution >= 0.6 is 15.9 Å². The van der Waals surface area contributed by atoms with Gasteiger partial charge in [0.15, 0.2) is 0 Å². The van der Waals surface area contributed by atoms with Gasteiger partial charge in [0, 0.05) is 16.1 Å². The zero-order valence-electron chi connectivity index (χ0n) is 9.90. The van der Waals surface area contributed by atoms with Gasteiger partial charge in [-0.3, -0.25) is 4.79 Å². The van der Waals surface area contributed by atoms with Crippen LogP contribution in [-0.2, 0) is 9.53 Å². The number of rotatable bonds is 5. The van der Waals surface area contributed by atoms with E-state index >= 15 is 0 Å². The van der Waals surface area contributed by atoms with Crippen LogP contribution in [0, 0.1) is 0 Å². The van der Waals surface area contributed by atoms with Crippen LogP contribution in [-0.4, -0.2) is 19.7 Å². The molecule has 0 saturated heterocycles. The molecule has 0 heterocycles. The summed E-state index contributed by atoms with van der Waals surface area (Å²) in [7, 11) is 1.35. The van der Waals surface area contributed by atoms with Gasteiger partial charge in [-0.25, -0.2) is 0 Å². The molecule has 0 saturated carbocycles. The molecule has 1 aromatic rings. The van der Waals surface area contributed by atoms with E-state index in [1.54, 1.807) is 0 Å². The van der Waals surface area contributed by atoms with Crippen LogP contribution in [0.15, 0.2) is 22.7 Å². The Hall–Kier alpha value is -1.07. The van der Waals surface area contributed by atoms with Crippen molar-refractivity contribution >= 4 is 21.9 Å². The third-order valence-corrected chi connectivity index (χ3v) is 2.78. The molecule has 5 heteroatoms. The van der Waals surface area contributed by atoms with Crippen molar-refractivity contribution in [3.63, 3.8) is 0 Å². The minimum Gasteiger partial charge on any atom is -0.494 e. The highest BCUT2D eigenvalue weighted by Gasteiger charge is 2.16. The Kier molecular flexibility index (Phi) is 5.44. The number of carbonyl (C=O) groups is 1. The summed E-state index contributed by atoms with van der Waals surface area (Å²) in [6.07, 6.45) is 0.132. The molecule has 0 spiro atoms. The van der Waals surface area contributed by atoms with Gasteiger partial charge < -0.3 is 15.2 Å². The Morgan fingerprint density at radius 3 is 2.82 bits per heavy atom. The molecule has 0 amide bonds. The smallest absolute Gasteiger partial charge is 0.307 e. The molecule has 2 N–H and O–H groups in total. The predicted molar refractivity (Wildman–Crippen MR) is 68.9 cm³/mol. The zero-order chi connectivity index (χ0) is 12.8. The first kappa shape index (κ1) is 14.0. The summed E-state index contributed by atoms with van der Waals surface area (Å²) in [5.41, 5.74) is 6.77. The second kappa shape index (κ2) is 6.61. The van der Waals surface area contributed by atoms with Crippen LogP contribution in [0.3, 0.4) is 0 Å². The van der Waals surface area contributed by atoms with E-state index in [-0.39, 0.29) is 12.4 Å². The lowest BCUT2D eigenvalue weighted by atomic mass is 10.0. The van der Waals surface area contributed by atoms with Crippen LogP contribution in [0.1, 0.15) is 24.9 Å². The average Bonchev–Trinajstić information content (AvgIpc) is 2.31. The molecule has 1 rings (SSSR count). The Labute approximate surface area is 109 Å². The van der Waals surface area contributed by atoms with Crippen LogP contribution < -0.4 is 10.5 Å². The number of benzene rings is 1. The molecule has 0 aliphatic heterocycles. The quantitative estimate of drug-likeness (QED) is 0.849. The van der Waals surface area contributed by atoms with Crippen LogP contribution in [0.25, 0.3) is 0 Å². The van der Waals surface area contributed by atoms with Crippen molar-refractivity contribution < 1.29 is 14.3 Å². The Morgan fingerprint density at radius 1 is 1.53 bits per heavy atom. The summed E-state index contributed by atoms with van der Waals surface area (Å²) in [5.74, 6) is 0.368. The van der Waals surface area contributed by atoms with E-state index in [0.29, 0.717) is 12.4 Å². The van der Waals surface area contributed by atoms with E-state index in [9.17, 15) is 4.79 Å². The highest BCUT2D eigenvalue weighted by molar-refractivity contribution is 9.10. The number of esters is 1. The van der Waals surface area contributed by atoms with Crippen molar-refractivity contribution in [3.8, 4) is 5.75 Å². The fraction of sp³-hybridized carbons (Fsp3) is 0.417. The lowest BCUT2D eigenvalue weighted by molar-refractivity contribution is -0.141. The molecular weight excluding hydrogens is 286 g/mol. The van der Waals surface area contributed by atoms with E-state index in [0.717, 1.165) is 10.0 Å². The molecule has 94 valence electrons. The maximum Gasteiger partial charge on any atom is 0.307 e. The lowest BCUT2D eigenvalue weighted by Crippen LogP contribution is -2.17. The minimum atomic E-state index is -0.429. The molecular formula is C12H16BrNO3.